The number of nitrogens with zero attached hydrogens (tertiary/aromatic N) is 3. The zero-order valence-corrected chi connectivity index (χ0v) is 18.1. The van der Waals surface area contributed by atoms with E-state index in [9.17, 15) is 23.9 Å². The highest BCUT2D eigenvalue weighted by atomic mass is 19.1. The molecular formula is C23H20FN3O6. The predicted octanol–water partition coefficient (Wildman–Crippen LogP) is 2.29. The van der Waals surface area contributed by atoms with Crippen LogP contribution in [-0.4, -0.2) is 52.1 Å². The standard InChI is InChI=1S/C23H20FN3O6/c1-4-32-23(31)16-19(28)17-18-20(13(10-25-17)9-12-5-7-14(24)8-6-12)33-15(21(29)26(2)3)11-27(18)22(16)30/h5-8,10-11,28H,4,9H2,1-3H3. The molecule has 4 rings (SSSR count). The Labute approximate surface area is 187 Å². The van der Waals surface area contributed by atoms with Crippen molar-refractivity contribution in [1.29, 1.82) is 0 Å². The maximum atomic E-state index is 13.3. The van der Waals surface area contributed by atoms with Gasteiger partial charge in [-0.3, -0.25) is 19.1 Å². The van der Waals surface area contributed by atoms with Crippen molar-refractivity contribution in [2.24, 2.45) is 0 Å². The molecule has 1 aliphatic rings. The van der Waals surface area contributed by atoms with Crippen molar-refractivity contribution in [3.63, 3.8) is 0 Å². The Bertz CT molecular complexity index is 1380. The number of hydrogen-bond acceptors (Lipinski definition) is 7. The second kappa shape index (κ2) is 8.38. The lowest BCUT2D eigenvalue weighted by Gasteiger charge is -2.24. The maximum Gasteiger partial charge on any atom is 0.347 e. The van der Waals surface area contributed by atoms with Crippen molar-refractivity contribution in [2.75, 3.05) is 20.7 Å². The fourth-order valence-corrected chi connectivity index (χ4v) is 3.51. The molecule has 10 heteroatoms. The number of rotatable bonds is 5. The number of hydrogen-bond donors (Lipinski definition) is 1. The van der Waals surface area contributed by atoms with E-state index in [0.29, 0.717) is 5.56 Å². The molecule has 1 aromatic carbocycles. The molecule has 0 fully saturated rings. The van der Waals surface area contributed by atoms with Gasteiger partial charge in [0.25, 0.3) is 11.5 Å². The van der Waals surface area contributed by atoms with E-state index in [4.69, 9.17) is 9.47 Å². The third-order valence-corrected chi connectivity index (χ3v) is 5.08. The van der Waals surface area contributed by atoms with Crippen molar-refractivity contribution in [2.45, 2.75) is 13.3 Å². The smallest absolute Gasteiger partial charge is 0.347 e. The summed E-state index contributed by atoms with van der Waals surface area (Å²) in [6.07, 6.45) is 2.82. The van der Waals surface area contributed by atoms with Gasteiger partial charge in [-0.05, 0) is 24.6 Å². The molecule has 0 saturated carbocycles. The molecule has 0 unspecified atom stereocenters. The normalized spacial score (nSPS) is 12.2. The molecule has 1 aliphatic heterocycles. The van der Waals surface area contributed by atoms with Gasteiger partial charge >= 0.3 is 5.97 Å². The number of halogens is 1. The number of carbonyl (C=O) groups excluding carboxylic acids is 2. The van der Waals surface area contributed by atoms with Crippen LogP contribution in [0.3, 0.4) is 0 Å². The first-order valence-corrected chi connectivity index (χ1v) is 10.0. The van der Waals surface area contributed by atoms with Crippen LogP contribution in [0.15, 0.2) is 41.0 Å². The number of aromatic nitrogens is 2. The predicted molar refractivity (Wildman–Crippen MR) is 116 cm³/mol. The third kappa shape index (κ3) is 3.79. The van der Waals surface area contributed by atoms with Gasteiger partial charge in [0, 0.05) is 32.3 Å². The molecular weight excluding hydrogens is 433 g/mol. The number of aromatic hydroxyl groups is 1. The van der Waals surface area contributed by atoms with E-state index >= 15 is 0 Å². The van der Waals surface area contributed by atoms with Crippen molar-refractivity contribution in [1.82, 2.24) is 14.5 Å². The van der Waals surface area contributed by atoms with Crippen LogP contribution < -0.4 is 10.3 Å². The summed E-state index contributed by atoms with van der Waals surface area (Å²) < 4.78 is 25.2. The van der Waals surface area contributed by atoms with E-state index in [2.05, 4.69) is 4.98 Å². The van der Waals surface area contributed by atoms with Gasteiger partial charge in [-0.15, -0.1) is 0 Å². The van der Waals surface area contributed by atoms with Gasteiger partial charge in [0.15, 0.2) is 17.1 Å². The SMILES string of the molecule is CCOC(=O)c1c(O)c2ncc(Cc3ccc(F)cc3)c3c2n(c1=O)C=C(C(=O)N(C)C)O3. The topological polar surface area (TPSA) is 111 Å². The van der Waals surface area contributed by atoms with Crippen molar-refractivity contribution < 1.29 is 28.6 Å². The minimum Gasteiger partial charge on any atom is -0.505 e. The van der Waals surface area contributed by atoms with Gasteiger partial charge < -0.3 is 19.5 Å². The first kappa shape index (κ1) is 22.0. The monoisotopic (exact) mass is 453 g/mol. The number of esters is 1. The van der Waals surface area contributed by atoms with Crippen LogP contribution in [0, 0.1) is 5.82 Å². The van der Waals surface area contributed by atoms with Crippen LogP contribution in [0.25, 0.3) is 17.2 Å². The summed E-state index contributed by atoms with van der Waals surface area (Å²) in [5.74, 6) is -2.60. The number of pyridine rings is 2. The molecule has 3 heterocycles. The minimum absolute atomic E-state index is 0.00560. The molecule has 9 nitrogen and oxygen atoms in total. The number of amides is 1. The Morgan fingerprint density at radius 3 is 2.58 bits per heavy atom. The van der Waals surface area contributed by atoms with E-state index in [1.165, 1.54) is 37.3 Å². The van der Waals surface area contributed by atoms with Gasteiger partial charge in [-0.2, -0.15) is 0 Å². The van der Waals surface area contributed by atoms with Crippen LogP contribution in [0.5, 0.6) is 11.5 Å². The van der Waals surface area contributed by atoms with Gasteiger partial charge in [0.1, 0.15) is 16.9 Å². The lowest BCUT2D eigenvalue weighted by molar-refractivity contribution is -0.126. The number of likely N-dealkylation sites (N-methyl/N-ethyl adjacent to an activating group) is 1. The molecule has 3 aromatic rings. The van der Waals surface area contributed by atoms with E-state index in [0.717, 1.165) is 16.3 Å². The third-order valence-electron chi connectivity index (χ3n) is 5.08. The quantitative estimate of drug-likeness (QED) is 0.590. The van der Waals surface area contributed by atoms with Gasteiger partial charge in [-0.1, -0.05) is 12.1 Å². The molecule has 1 amide bonds. The Kier molecular flexibility index (Phi) is 5.59. The van der Waals surface area contributed by atoms with Crippen molar-refractivity contribution in [3.8, 4) is 11.5 Å². The molecule has 1 N–H and O–H groups in total. The Morgan fingerprint density at radius 1 is 1.24 bits per heavy atom. The maximum absolute atomic E-state index is 13.3. The average Bonchev–Trinajstić information content (AvgIpc) is 2.79. The second-order valence-electron chi connectivity index (χ2n) is 7.53. The fourth-order valence-electron chi connectivity index (χ4n) is 3.51. The van der Waals surface area contributed by atoms with Gasteiger partial charge in [0.05, 0.1) is 12.8 Å². The summed E-state index contributed by atoms with van der Waals surface area (Å²) in [5.41, 5.74) is -0.225. The number of ether oxygens (including phenoxy) is 2. The largest absolute Gasteiger partial charge is 0.505 e. The Morgan fingerprint density at radius 2 is 1.94 bits per heavy atom. The van der Waals surface area contributed by atoms with Crippen molar-refractivity contribution in [3.05, 3.63) is 69.1 Å². The summed E-state index contributed by atoms with van der Waals surface area (Å²) in [4.78, 5) is 43.7. The van der Waals surface area contributed by atoms with Crippen LogP contribution in [0.1, 0.15) is 28.4 Å². The highest BCUT2D eigenvalue weighted by Gasteiger charge is 2.31. The zero-order chi connectivity index (χ0) is 23.9. The van der Waals surface area contributed by atoms with Crippen LogP contribution in [-0.2, 0) is 16.0 Å². The summed E-state index contributed by atoms with van der Waals surface area (Å²) >= 11 is 0. The van der Waals surface area contributed by atoms with E-state index in [1.54, 1.807) is 19.1 Å². The number of carbonyl (C=O) groups is 2. The van der Waals surface area contributed by atoms with Crippen LogP contribution in [0.4, 0.5) is 4.39 Å². The Hall–Kier alpha value is -4.21. The summed E-state index contributed by atoms with van der Waals surface area (Å²) in [5, 5.41) is 10.7. The average molecular weight is 453 g/mol. The highest BCUT2D eigenvalue weighted by Crippen LogP contribution is 2.38. The van der Waals surface area contributed by atoms with Gasteiger partial charge in [0.2, 0.25) is 5.76 Å². The molecule has 0 bridgehead atoms. The van der Waals surface area contributed by atoms with Gasteiger partial charge in [-0.25, -0.2) is 9.18 Å². The fraction of sp³-hybridized carbons (Fsp3) is 0.217. The van der Waals surface area contributed by atoms with E-state index in [-0.39, 0.29) is 41.4 Å². The summed E-state index contributed by atoms with van der Waals surface area (Å²) in [6, 6.07) is 5.80. The first-order valence-electron chi connectivity index (χ1n) is 10.0. The lowest BCUT2D eigenvalue weighted by Crippen LogP contribution is -2.32. The van der Waals surface area contributed by atoms with Crippen molar-refractivity contribution >= 4 is 29.1 Å². The highest BCUT2D eigenvalue weighted by molar-refractivity contribution is 6.03. The first-order chi connectivity index (χ1) is 15.7. The minimum atomic E-state index is -1.01. The lowest BCUT2D eigenvalue weighted by atomic mass is 10.0. The molecule has 0 spiro atoms. The molecule has 2 aromatic heterocycles. The van der Waals surface area contributed by atoms with Crippen LogP contribution in [0.2, 0.25) is 0 Å². The molecule has 33 heavy (non-hydrogen) atoms. The number of benzene rings is 1. The molecule has 0 atom stereocenters. The van der Waals surface area contributed by atoms with E-state index in [1.807, 2.05) is 0 Å². The molecule has 0 saturated heterocycles. The molecule has 0 radical (unpaired) electrons. The molecule has 0 aliphatic carbocycles. The zero-order valence-electron chi connectivity index (χ0n) is 18.1. The summed E-state index contributed by atoms with van der Waals surface area (Å²) in [6.45, 7) is 1.56. The second-order valence-corrected chi connectivity index (χ2v) is 7.53. The summed E-state index contributed by atoms with van der Waals surface area (Å²) in [7, 11) is 3.04. The van der Waals surface area contributed by atoms with E-state index < -0.39 is 28.7 Å². The van der Waals surface area contributed by atoms with Crippen LogP contribution >= 0.6 is 0 Å². The molecule has 170 valence electrons. The Balaban J connectivity index is 1.99.